The van der Waals surface area contributed by atoms with Crippen LogP contribution in [0, 0.1) is 6.92 Å². The fourth-order valence-corrected chi connectivity index (χ4v) is 2.32. The Morgan fingerprint density at radius 2 is 2.04 bits per heavy atom. The van der Waals surface area contributed by atoms with Crippen LogP contribution in [0.15, 0.2) is 53.5 Å². The Kier molecular flexibility index (Phi) is 3.80. The lowest BCUT2D eigenvalue weighted by Gasteiger charge is -2.09. The number of aryl methyl sites for hydroxylation is 1. The number of rotatable bonds is 3. The maximum absolute atomic E-state index is 12.2. The zero-order chi connectivity index (χ0) is 16.4. The number of pyridine rings is 1. The summed E-state index contributed by atoms with van der Waals surface area (Å²) >= 11 is 0. The van der Waals surface area contributed by atoms with Gasteiger partial charge in [-0.25, -0.2) is 9.78 Å². The van der Waals surface area contributed by atoms with Gasteiger partial charge in [-0.15, -0.1) is 0 Å². The van der Waals surface area contributed by atoms with Crippen molar-refractivity contribution in [2.24, 2.45) is 0 Å². The Hall–Kier alpha value is -3.15. The quantitative estimate of drug-likeness (QED) is 0.753. The smallest absolute Gasteiger partial charge is 0.337 e. The minimum atomic E-state index is -0.420. The number of nitrogens with one attached hydrogen (secondary N) is 1. The molecule has 6 nitrogen and oxygen atoms in total. The zero-order valence-corrected chi connectivity index (χ0v) is 12.7. The average Bonchev–Trinajstić information content (AvgIpc) is 2.55. The third kappa shape index (κ3) is 2.91. The summed E-state index contributed by atoms with van der Waals surface area (Å²) in [6.07, 6.45) is 1.68. The van der Waals surface area contributed by atoms with E-state index in [2.05, 4.69) is 10.3 Å². The van der Waals surface area contributed by atoms with Crippen LogP contribution in [0.3, 0.4) is 0 Å². The zero-order valence-electron chi connectivity index (χ0n) is 12.7. The molecule has 0 fully saturated rings. The maximum Gasteiger partial charge on any atom is 0.337 e. The van der Waals surface area contributed by atoms with Crippen LogP contribution < -0.4 is 10.9 Å². The Labute approximate surface area is 132 Å². The molecule has 1 N–H and O–H groups in total. The number of esters is 1. The van der Waals surface area contributed by atoms with Crippen molar-refractivity contribution in [1.82, 2.24) is 9.38 Å². The number of fused-ring (bicyclic) bond motifs is 1. The van der Waals surface area contributed by atoms with Gasteiger partial charge in [0.05, 0.1) is 12.7 Å². The van der Waals surface area contributed by atoms with Crippen LogP contribution in [0.25, 0.3) is 5.65 Å². The first-order chi connectivity index (χ1) is 11.1. The van der Waals surface area contributed by atoms with Crippen LogP contribution in [0.4, 0.5) is 11.5 Å². The van der Waals surface area contributed by atoms with Gasteiger partial charge in [0.2, 0.25) is 0 Å². The van der Waals surface area contributed by atoms with Crippen LogP contribution in [0.1, 0.15) is 15.9 Å². The third-order valence-electron chi connectivity index (χ3n) is 3.44. The minimum absolute atomic E-state index is 0.176. The van der Waals surface area contributed by atoms with Gasteiger partial charge in [0.25, 0.3) is 5.56 Å². The second-order valence-electron chi connectivity index (χ2n) is 5.06. The van der Waals surface area contributed by atoms with E-state index in [1.165, 1.54) is 17.6 Å². The van der Waals surface area contributed by atoms with E-state index >= 15 is 0 Å². The molecule has 3 aromatic rings. The molecule has 116 valence electrons. The Bertz CT molecular complexity index is 947. The van der Waals surface area contributed by atoms with E-state index in [9.17, 15) is 9.59 Å². The summed E-state index contributed by atoms with van der Waals surface area (Å²) in [4.78, 5) is 28.2. The standard InChI is InChI=1S/C17H15N3O3/c1-11-5-4-8-20-15(21)10-14(19-16(11)20)18-13-7-3-6-12(9-13)17(22)23-2/h3-10,18H,1-2H3. The highest BCUT2D eigenvalue weighted by molar-refractivity contribution is 5.90. The summed E-state index contributed by atoms with van der Waals surface area (Å²) in [7, 11) is 1.33. The normalized spacial score (nSPS) is 10.5. The van der Waals surface area contributed by atoms with Crippen molar-refractivity contribution in [3.8, 4) is 0 Å². The van der Waals surface area contributed by atoms with Crippen molar-refractivity contribution in [2.45, 2.75) is 6.92 Å². The van der Waals surface area contributed by atoms with Crippen molar-refractivity contribution in [1.29, 1.82) is 0 Å². The van der Waals surface area contributed by atoms with Gasteiger partial charge in [0.1, 0.15) is 11.5 Å². The molecule has 0 spiro atoms. The summed E-state index contributed by atoms with van der Waals surface area (Å²) in [6, 6.07) is 11.9. The van der Waals surface area contributed by atoms with Crippen LogP contribution >= 0.6 is 0 Å². The van der Waals surface area contributed by atoms with E-state index in [4.69, 9.17) is 4.74 Å². The number of methoxy groups -OCH3 is 1. The summed E-state index contributed by atoms with van der Waals surface area (Å²) in [5.41, 5.74) is 2.39. The molecule has 0 aliphatic rings. The summed E-state index contributed by atoms with van der Waals surface area (Å²) in [5, 5.41) is 3.05. The predicted molar refractivity (Wildman–Crippen MR) is 87.3 cm³/mol. The molecule has 0 unspecified atom stereocenters. The number of carbonyl (C=O) groups excluding carboxylic acids is 1. The second-order valence-corrected chi connectivity index (χ2v) is 5.06. The molecule has 0 aliphatic carbocycles. The fourth-order valence-electron chi connectivity index (χ4n) is 2.32. The van der Waals surface area contributed by atoms with Gasteiger partial charge in [0.15, 0.2) is 0 Å². The van der Waals surface area contributed by atoms with E-state index < -0.39 is 5.97 Å². The fraction of sp³-hybridized carbons (Fsp3) is 0.118. The highest BCUT2D eigenvalue weighted by atomic mass is 16.5. The van der Waals surface area contributed by atoms with Gasteiger partial charge in [-0.2, -0.15) is 0 Å². The second kappa shape index (κ2) is 5.92. The lowest BCUT2D eigenvalue weighted by atomic mass is 10.2. The molecule has 0 radical (unpaired) electrons. The number of hydrogen-bond donors (Lipinski definition) is 1. The molecule has 6 heteroatoms. The van der Waals surface area contributed by atoms with Gasteiger partial charge in [-0.1, -0.05) is 12.1 Å². The van der Waals surface area contributed by atoms with E-state index in [-0.39, 0.29) is 5.56 Å². The highest BCUT2D eigenvalue weighted by Gasteiger charge is 2.08. The molecular weight excluding hydrogens is 294 g/mol. The minimum Gasteiger partial charge on any atom is -0.465 e. The summed E-state index contributed by atoms with van der Waals surface area (Å²) in [6.45, 7) is 1.89. The first kappa shape index (κ1) is 14.8. The average molecular weight is 309 g/mol. The molecule has 0 bridgehead atoms. The van der Waals surface area contributed by atoms with Gasteiger partial charge < -0.3 is 10.1 Å². The number of ether oxygens (including phenoxy) is 1. The predicted octanol–water partition coefficient (Wildman–Crippen LogP) is 2.53. The molecule has 0 aliphatic heterocycles. The number of nitrogens with zero attached hydrogens (tertiary/aromatic N) is 2. The first-order valence-corrected chi connectivity index (χ1v) is 7.03. The molecule has 23 heavy (non-hydrogen) atoms. The van der Waals surface area contributed by atoms with Crippen molar-refractivity contribution in [3.63, 3.8) is 0 Å². The van der Waals surface area contributed by atoms with E-state index in [1.54, 1.807) is 36.5 Å². The van der Waals surface area contributed by atoms with Gasteiger partial charge in [0, 0.05) is 18.0 Å². The Balaban J connectivity index is 2.01. The lowest BCUT2D eigenvalue weighted by Crippen LogP contribution is -2.15. The molecule has 0 amide bonds. The van der Waals surface area contributed by atoms with Crippen LogP contribution in [-0.2, 0) is 4.74 Å². The molecule has 1 aromatic carbocycles. The third-order valence-corrected chi connectivity index (χ3v) is 3.44. The molecule has 0 saturated carbocycles. The van der Waals surface area contributed by atoms with Crippen molar-refractivity contribution < 1.29 is 9.53 Å². The van der Waals surface area contributed by atoms with E-state index in [0.717, 1.165) is 5.56 Å². The molecule has 0 saturated heterocycles. The first-order valence-electron chi connectivity index (χ1n) is 7.03. The number of hydrogen-bond acceptors (Lipinski definition) is 5. The van der Waals surface area contributed by atoms with Gasteiger partial charge >= 0.3 is 5.97 Å². The molecule has 2 aromatic heterocycles. The van der Waals surface area contributed by atoms with Crippen molar-refractivity contribution >= 4 is 23.1 Å². The maximum atomic E-state index is 12.2. The lowest BCUT2D eigenvalue weighted by molar-refractivity contribution is 0.0601. The highest BCUT2D eigenvalue weighted by Crippen LogP contribution is 2.17. The van der Waals surface area contributed by atoms with Crippen molar-refractivity contribution in [3.05, 3.63) is 70.1 Å². The molecule has 2 heterocycles. The van der Waals surface area contributed by atoms with Crippen LogP contribution in [-0.4, -0.2) is 22.5 Å². The SMILES string of the molecule is COC(=O)c1cccc(Nc2cc(=O)n3cccc(C)c3n2)c1. The van der Waals surface area contributed by atoms with E-state index in [0.29, 0.717) is 22.7 Å². The number of benzene rings is 1. The number of anilines is 2. The molecular formula is C17H15N3O3. The van der Waals surface area contributed by atoms with Gasteiger partial charge in [-0.05, 0) is 36.8 Å². The van der Waals surface area contributed by atoms with E-state index in [1.807, 2.05) is 13.0 Å². The van der Waals surface area contributed by atoms with Crippen LogP contribution in [0.5, 0.6) is 0 Å². The van der Waals surface area contributed by atoms with Gasteiger partial charge in [-0.3, -0.25) is 9.20 Å². The largest absolute Gasteiger partial charge is 0.465 e. The Morgan fingerprint density at radius 1 is 1.22 bits per heavy atom. The number of aromatic nitrogens is 2. The monoisotopic (exact) mass is 309 g/mol. The summed E-state index contributed by atoms with van der Waals surface area (Å²) < 4.78 is 6.19. The summed E-state index contributed by atoms with van der Waals surface area (Å²) in [5.74, 6) is 0.00218. The molecule has 0 atom stereocenters. The topological polar surface area (TPSA) is 72.7 Å². The Morgan fingerprint density at radius 3 is 2.83 bits per heavy atom. The molecule has 3 rings (SSSR count). The number of carbonyl (C=O) groups is 1. The van der Waals surface area contributed by atoms with Crippen molar-refractivity contribution in [2.75, 3.05) is 12.4 Å². The van der Waals surface area contributed by atoms with Crippen LogP contribution in [0.2, 0.25) is 0 Å².